The third-order valence-electron chi connectivity index (χ3n) is 6.51. The molecule has 6 nitrogen and oxygen atoms in total. The number of hydrogen-bond donors (Lipinski definition) is 2. The fourth-order valence-corrected chi connectivity index (χ4v) is 5.11. The van der Waals surface area contributed by atoms with Crippen molar-refractivity contribution in [2.75, 3.05) is 5.32 Å². The van der Waals surface area contributed by atoms with E-state index < -0.39 is 0 Å². The van der Waals surface area contributed by atoms with Crippen LogP contribution >= 0.6 is 27.5 Å². The summed E-state index contributed by atoms with van der Waals surface area (Å²) >= 11 is 10.0. The monoisotopic (exact) mass is 595 g/mol. The van der Waals surface area contributed by atoms with Crippen LogP contribution in [0, 0.1) is 0 Å². The summed E-state index contributed by atoms with van der Waals surface area (Å²) in [6.45, 7) is 0.993. The van der Waals surface area contributed by atoms with Gasteiger partial charge in [-0.05, 0) is 56.0 Å². The summed E-state index contributed by atoms with van der Waals surface area (Å²) in [6.07, 6.45) is 1.72. The van der Waals surface area contributed by atoms with Crippen molar-refractivity contribution in [3.05, 3.63) is 129 Å². The summed E-state index contributed by atoms with van der Waals surface area (Å²) in [7, 11) is 0. The van der Waals surface area contributed by atoms with Gasteiger partial charge in [0.15, 0.2) is 5.65 Å². The molecule has 4 aromatic carbocycles. The maximum absolute atomic E-state index is 12.8. The number of amides is 1. The quantitative estimate of drug-likeness (QED) is 0.200. The second kappa shape index (κ2) is 10.9. The Morgan fingerprint density at radius 2 is 1.62 bits per heavy atom. The number of aromatic nitrogens is 3. The van der Waals surface area contributed by atoms with E-state index in [9.17, 15) is 4.79 Å². The number of hydrogen-bond acceptors (Lipinski definition) is 4. The lowest BCUT2D eigenvalue weighted by Gasteiger charge is -2.13. The minimum atomic E-state index is -0.0974. The summed E-state index contributed by atoms with van der Waals surface area (Å²) in [5.41, 5.74) is 5.03. The Hall–Kier alpha value is -4.20. The van der Waals surface area contributed by atoms with Crippen LogP contribution in [0.25, 0.3) is 27.7 Å². The van der Waals surface area contributed by atoms with Crippen LogP contribution in [0.5, 0.6) is 0 Å². The molecule has 0 saturated heterocycles. The Morgan fingerprint density at radius 3 is 2.46 bits per heavy atom. The van der Waals surface area contributed by atoms with Crippen LogP contribution in [-0.4, -0.2) is 20.5 Å². The van der Waals surface area contributed by atoms with Gasteiger partial charge in [-0.1, -0.05) is 84.4 Å². The van der Waals surface area contributed by atoms with Gasteiger partial charge in [0.2, 0.25) is 0 Å². The standard InChI is InChI=1S/C31H23BrClN5O/c32-26-19-36-38-29(16-28(37-30(26)38)25-10-3-4-11-27(25)33)34-17-20-6-5-7-21(14-20)18-35-31(39)24-13-12-22-8-1-2-9-23(22)15-24/h1-16,19,34H,17-18H2,(H,35,39). The Balaban J connectivity index is 1.18. The van der Waals surface area contributed by atoms with E-state index in [4.69, 9.17) is 16.6 Å². The lowest BCUT2D eigenvalue weighted by Crippen LogP contribution is -2.22. The number of nitrogens with one attached hydrogen (secondary N) is 2. The second-order valence-electron chi connectivity index (χ2n) is 9.15. The molecule has 0 unspecified atom stereocenters. The van der Waals surface area contributed by atoms with Gasteiger partial charge in [0, 0.05) is 35.3 Å². The first-order chi connectivity index (χ1) is 19.0. The van der Waals surface area contributed by atoms with E-state index in [-0.39, 0.29) is 5.91 Å². The minimum Gasteiger partial charge on any atom is -0.366 e. The van der Waals surface area contributed by atoms with Gasteiger partial charge in [0.05, 0.1) is 16.4 Å². The van der Waals surface area contributed by atoms with Crippen LogP contribution in [0.3, 0.4) is 0 Å². The van der Waals surface area contributed by atoms with Gasteiger partial charge in [-0.3, -0.25) is 4.79 Å². The Bertz CT molecular complexity index is 1830. The van der Waals surface area contributed by atoms with Crippen molar-refractivity contribution in [2.45, 2.75) is 13.1 Å². The number of carbonyl (C=O) groups is 1. The lowest BCUT2D eigenvalue weighted by molar-refractivity contribution is 0.0951. The molecule has 6 rings (SSSR count). The average molecular weight is 597 g/mol. The van der Waals surface area contributed by atoms with E-state index in [0.717, 1.165) is 43.4 Å². The smallest absolute Gasteiger partial charge is 0.251 e. The first-order valence-electron chi connectivity index (χ1n) is 12.4. The molecule has 0 aliphatic rings. The van der Waals surface area contributed by atoms with E-state index in [1.807, 2.05) is 91.0 Å². The van der Waals surface area contributed by atoms with E-state index in [1.54, 1.807) is 10.7 Å². The maximum atomic E-state index is 12.8. The lowest BCUT2D eigenvalue weighted by atomic mass is 10.1. The van der Waals surface area contributed by atoms with Gasteiger partial charge in [0.25, 0.3) is 5.91 Å². The number of halogens is 2. The number of benzene rings is 4. The molecular formula is C31H23BrClN5O. The van der Waals surface area contributed by atoms with Gasteiger partial charge < -0.3 is 10.6 Å². The first kappa shape index (κ1) is 25.1. The highest BCUT2D eigenvalue weighted by Crippen LogP contribution is 2.30. The molecule has 0 spiro atoms. The number of fused-ring (bicyclic) bond motifs is 2. The van der Waals surface area contributed by atoms with Gasteiger partial charge in [-0.25, -0.2) is 4.98 Å². The predicted molar refractivity (Wildman–Crippen MR) is 160 cm³/mol. The average Bonchev–Trinajstić information content (AvgIpc) is 3.35. The molecule has 2 heterocycles. The molecule has 0 bridgehead atoms. The molecule has 0 saturated carbocycles. The summed E-state index contributed by atoms with van der Waals surface area (Å²) in [4.78, 5) is 17.6. The predicted octanol–water partition coefficient (Wildman–Crippen LogP) is 7.51. The first-order valence-corrected chi connectivity index (χ1v) is 13.6. The molecule has 0 radical (unpaired) electrons. The number of carbonyl (C=O) groups excluding carboxylic acids is 1. The SMILES string of the molecule is O=C(NCc1cccc(CNc2cc(-c3ccccc3Cl)nc3c(Br)cnn23)c1)c1ccc2ccccc2c1. The van der Waals surface area contributed by atoms with Gasteiger partial charge >= 0.3 is 0 Å². The van der Waals surface area contributed by atoms with E-state index in [2.05, 4.69) is 37.7 Å². The summed E-state index contributed by atoms with van der Waals surface area (Å²) in [5.74, 6) is 0.690. The molecule has 39 heavy (non-hydrogen) atoms. The second-order valence-corrected chi connectivity index (χ2v) is 10.4. The zero-order valence-corrected chi connectivity index (χ0v) is 23.1. The topological polar surface area (TPSA) is 71.3 Å². The number of anilines is 1. The minimum absolute atomic E-state index is 0.0974. The third kappa shape index (κ3) is 5.37. The highest BCUT2D eigenvalue weighted by molar-refractivity contribution is 9.10. The molecule has 2 aromatic heterocycles. The molecule has 0 aliphatic heterocycles. The van der Waals surface area contributed by atoms with E-state index >= 15 is 0 Å². The molecule has 2 N–H and O–H groups in total. The van der Waals surface area contributed by atoms with Crippen molar-refractivity contribution in [2.24, 2.45) is 0 Å². The fraction of sp³-hybridized carbons (Fsp3) is 0.0645. The van der Waals surface area contributed by atoms with Gasteiger partial charge in [-0.15, -0.1) is 0 Å². The number of nitrogens with zero attached hydrogens (tertiary/aromatic N) is 3. The van der Waals surface area contributed by atoms with E-state index in [1.165, 1.54) is 0 Å². The highest BCUT2D eigenvalue weighted by atomic mass is 79.9. The molecular weight excluding hydrogens is 574 g/mol. The zero-order chi connectivity index (χ0) is 26.8. The Morgan fingerprint density at radius 1 is 0.846 bits per heavy atom. The summed E-state index contributed by atoms with van der Waals surface area (Å²) in [6, 6.07) is 31.5. The van der Waals surface area contributed by atoms with Crippen LogP contribution in [-0.2, 0) is 13.1 Å². The van der Waals surface area contributed by atoms with Crippen molar-refractivity contribution in [1.82, 2.24) is 19.9 Å². The summed E-state index contributed by atoms with van der Waals surface area (Å²) in [5, 5.41) is 13.8. The zero-order valence-electron chi connectivity index (χ0n) is 20.7. The molecule has 0 atom stereocenters. The molecule has 0 aliphatic carbocycles. The van der Waals surface area contributed by atoms with Crippen LogP contribution in [0.4, 0.5) is 5.82 Å². The normalized spacial score (nSPS) is 11.1. The van der Waals surface area contributed by atoms with Crippen molar-refractivity contribution in [3.8, 4) is 11.3 Å². The third-order valence-corrected chi connectivity index (χ3v) is 7.40. The molecule has 8 heteroatoms. The van der Waals surface area contributed by atoms with Gasteiger partial charge in [-0.2, -0.15) is 9.61 Å². The Kier molecular flexibility index (Phi) is 7.00. The molecule has 1 amide bonds. The van der Waals surface area contributed by atoms with Crippen LogP contribution in [0.1, 0.15) is 21.5 Å². The molecule has 192 valence electrons. The molecule has 6 aromatic rings. The number of rotatable bonds is 7. The van der Waals surface area contributed by atoms with Crippen molar-refractivity contribution in [1.29, 1.82) is 0 Å². The maximum Gasteiger partial charge on any atom is 0.251 e. The fourth-order valence-electron chi connectivity index (χ4n) is 4.53. The Labute approximate surface area is 238 Å². The molecule has 0 fully saturated rings. The summed E-state index contributed by atoms with van der Waals surface area (Å²) < 4.78 is 2.56. The van der Waals surface area contributed by atoms with E-state index in [0.29, 0.717) is 29.3 Å². The van der Waals surface area contributed by atoms with Crippen LogP contribution in [0.15, 0.2) is 108 Å². The highest BCUT2D eigenvalue weighted by Gasteiger charge is 2.13. The van der Waals surface area contributed by atoms with Gasteiger partial charge in [0.1, 0.15) is 5.82 Å². The van der Waals surface area contributed by atoms with Crippen LogP contribution < -0.4 is 10.6 Å². The largest absolute Gasteiger partial charge is 0.366 e. The van der Waals surface area contributed by atoms with Crippen molar-refractivity contribution < 1.29 is 4.79 Å². The van der Waals surface area contributed by atoms with Crippen LogP contribution in [0.2, 0.25) is 5.02 Å². The van der Waals surface area contributed by atoms with Crippen molar-refractivity contribution >= 4 is 55.7 Å². The van der Waals surface area contributed by atoms with Crippen molar-refractivity contribution in [3.63, 3.8) is 0 Å².